The Balaban J connectivity index is 1.64. The Morgan fingerprint density at radius 2 is 1.59 bits per heavy atom. The second kappa shape index (κ2) is 13.9. The number of carbonyl (C=O) groups excluding carboxylic acids is 2. The van der Waals surface area contributed by atoms with Crippen LogP contribution < -0.4 is 25.8 Å². The van der Waals surface area contributed by atoms with Crippen LogP contribution in [0.3, 0.4) is 0 Å². The molecule has 194 valence electrons. The molecule has 4 N–H and O–H groups in total. The number of amides is 2. The average molecular weight is 523 g/mol. The van der Waals surface area contributed by atoms with Crippen molar-refractivity contribution < 1.29 is 19.1 Å². The zero-order valence-electron chi connectivity index (χ0n) is 20.9. The molecule has 2 amide bonds. The van der Waals surface area contributed by atoms with Crippen molar-refractivity contribution in [3.8, 4) is 11.5 Å². The van der Waals surface area contributed by atoms with Crippen LogP contribution in [0.2, 0.25) is 5.02 Å². The minimum Gasteiger partial charge on any atom is -0.493 e. The Bertz CT molecular complexity index is 1220. The molecule has 0 radical (unpaired) electrons. The molecule has 0 aromatic heterocycles. The minimum absolute atomic E-state index is 0.0488. The Labute approximate surface area is 221 Å². The highest BCUT2D eigenvalue weighted by Gasteiger charge is 2.19. The summed E-state index contributed by atoms with van der Waals surface area (Å²) in [5.41, 5.74) is 8.72. The molecule has 0 saturated carbocycles. The van der Waals surface area contributed by atoms with Gasteiger partial charge in [-0.3, -0.25) is 14.9 Å². The lowest BCUT2D eigenvalue weighted by molar-refractivity contribution is -0.122. The number of guanidine groups is 1. The molecule has 0 saturated heterocycles. The number of aliphatic imine (C=N–C) groups is 1. The lowest BCUT2D eigenvalue weighted by Crippen LogP contribution is -2.42. The van der Waals surface area contributed by atoms with Crippen LogP contribution in [0.25, 0.3) is 0 Å². The summed E-state index contributed by atoms with van der Waals surface area (Å²) in [6.45, 7) is 0.423. The largest absolute Gasteiger partial charge is 0.493 e. The summed E-state index contributed by atoms with van der Waals surface area (Å²) < 4.78 is 10.5. The van der Waals surface area contributed by atoms with Gasteiger partial charge in [0.2, 0.25) is 11.8 Å². The van der Waals surface area contributed by atoms with E-state index in [0.717, 1.165) is 11.1 Å². The van der Waals surface area contributed by atoms with Crippen molar-refractivity contribution in [3.63, 3.8) is 0 Å². The van der Waals surface area contributed by atoms with Gasteiger partial charge in [0.05, 0.1) is 20.6 Å². The lowest BCUT2D eigenvalue weighted by Gasteiger charge is -2.15. The number of hydrogen-bond donors (Lipinski definition) is 3. The molecule has 0 unspecified atom stereocenters. The van der Waals surface area contributed by atoms with Crippen LogP contribution in [-0.4, -0.2) is 44.6 Å². The molecule has 3 aromatic carbocycles. The molecule has 0 aliphatic carbocycles. The van der Waals surface area contributed by atoms with Crippen molar-refractivity contribution in [2.45, 2.75) is 25.3 Å². The standard InChI is InChI=1S/C28H31ClN4O4/c1-36-24-13-10-21(17-25(24)37-2)18-26(34)33-28(30)32-23(16-20-6-4-3-5-7-20)27(35)31-15-14-19-8-11-22(29)12-9-19/h3-13,17,23H,14-16,18H2,1-2H3,(H,31,35)(H3,30,32,33,34)/t23-/m1/s1. The van der Waals surface area contributed by atoms with Crippen molar-refractivity contribution in [1.29, 1.82) is 0 Å². The quantitative estimate of drug-likeness (QED) is 0.264. The predicted octanol–water partition coefficient (Wildman–Crippen LogP) is 3.30. The fourth-order valence-corrected chi connectivity index (χ4v) is 3.82. The van der Waals surface area contributed by atoms with E-state index in [1.807, 2.05) is 54.6 Å². The van der Waals surface area contributed by atoms with Crippen LogP contribution in [0.15, 0.2) is 77.8 Å². The van der Waals surface area contributed by atoms with Gasteiger partial charge in [0.15, 0.2) is 17.5 Å². The summed E-state index contributed by atoms with van der Waals surface area (Å²) in [7, 11) is 3.07. The van der Waals surface area contributed by atoms with Gasteiger partial charge in [0.25, 0.3) is 0 Å². The Kier molecular flexibility index (Phi) is 10.3. The second-order valence-corrected chi connectivity index (χ2v) is 8.74. The van der Waals surface area contributed by atoms with Gasteiger partial charge in [-0.25, -0.2) is 4.99 Å². The number of rotatable bonds is 11. The van der Waals surface area contributed by atoms with Gasteiger partial charge in [-0.05, 0) is 47.4 Å². The molecule has 9 heteroatoms. The summed E-state index contributed by atoms with van der Waals surface area (Å²) in [5.74, 6) is 0.315. The Hall–Kier alpha value is -4.04. The van der Waals surface area contributed by atoms with Gasteiger partial charge >= 0.3 is 0 Å². The number of nitrogens with one attached hydrogen (secondary N) is 2. The first kappa shape index (κ1) is 27.5. The van der Waals surface area contributed by atoms with E-state index < -0.39 is 6.04 Å². The minimum atomic E-state index is -0.811. The SMILES string of the molecule is COc1ccc(CC(=O)NC(N)=N[C@H](Cc2ccccc2)C(=O)NCCc2ccc(Cl)cc2)cc1OC. The van der Waals surface area contributed by atoms with E-state index in [2.05, 4.69) is 15.6 Å². The smallest absolute Gasteiger partial charge is 0.245 e. The van der Waals surface area contributed by atoms with E-state index in [-0.39, 0.29) is 24.2 Å². The van der Waals surface area contributed by atoms with E-state index in [0.29, 0.717) is 41.5 Å². The first-order valence-corrected chi connectivity index (χ1v) is 12.2. The van der Waals surface area contributed by atoms with Gasteiger partial charge in [-0.1, -0.05) is 60.1 Å². The molecule has 0 bridgehead atoms. The zero-order chi connectivity index (χ0) is 26.6. The fourth-order valence-electron chi connectivity index (χ4n) is 3.70. The number of ether oxygens (including phenoxy) is 2. The first-order valence-electron chi connectivity index (χ1n) is 11.8. The molecule has 3 rings (SSSR count). The van der Waals surface area contributed by atoms with Crippen LogP contribution in [0.4, 0.5) is 0 Å². The first-order chi connectivity index (χ1) is 17.9. The van der Waals surface area contributed by atoms with Crippen LogP contribution in [0.1, 0.15) is 16.7 Å². The van der Waals surface area contributed by atoms with E-state index in [4.69, 9.17) is 26.8 Å². The molecule has 0 heterocycles. The molecule has 8 nitrogen and oxygen atoms in total. The fraction of sp³-hybridized carbons (Fsp3) is 0.250. The number of nitrogens with two attached hydrogens (primary N) is 1. The van der Waals surface area contributed by atoms with Gasteiger partial charge in [-0.2, -0.15) is 0 Å². The Morgan fingerprint density at radius 1 is 0.919 bits per heavy atom. The van der Waals surface area contributed by atoms with E-state index in [1.54, 1.807) is 25.3 Å². The van der Waals surface area contributed by atoms with Crippen LogP contribution in [-0.2, 0) is 28.9 Å². The third-order valence-corrected chi connectivity index (χ3v) is 5.83. The maximum absolute atomic E-state index is 13.0. The van der Waals surface area contributed by atoms with Gasteiger partial charge in [0, 0.05) is 18.0 Å². The van der Waals surface area contributed by atoms with Crippen molar-refractivity contribution >= 4 is 29.4 Å². The van der Waals surface area contributed by atoms with Crippen molar-refractivity contribution in [2.75, 3.05) is 20.8 Å². The van der Waals surface area contributed by atoms with Crippen LogP contribution >= 0.6 is 11.6 Å². The van der Waals surface area contributed by atoms with Gasteiger partial charge in [-0.15, -0.1) is 0 Å². The summed E-state index contributed by atoms with van der Waals surface area (Å²) >= 11 is 5.93. The molecular formula is C28H31ClN4O4. The van der Waals surface area contributed by atoms with Crippen LogP contribution in [0.5, 0.6) is 11.5 Å². The molecule has 0 aliphatic rings. The van der Waals surface area contributed by atoms with Crippen molar-refractivity contribution in [1.82, 2.24) is 10.6 Å². The topological polar surface area (TPSA) is 115 Å². The summed E-state index contributed by atoms with van der Waals surface area (Å²) in [6.07, 6.45) is 1.02. The molecule has 0 spiro atoms. The normalized spacial score (nSPS) is 11.9. The zero-order valence-corrected chi connectivity index (χ0v) is 21.6. The lowest BCUT2D eigenvalue weighted by atomic mass is 10.1. The molecule has 0 fully saturated rings. The number of carbonyl (C=O) groups is 2. The maximum Gasteiger partial charge on any atom is 0.245 e. The van der Waals surface area contributed by atoms with Crippen molar-refractivity contribution in [3.05, 3.63) is 94.5 Å². The monoisotopic (exact) mass is 522 g/mol. The second-order valence-electron chi connectivity index (χ2n) is 8.30. The molecule has 0 aliphatic heterocycles. The molecule has 3 aromatic rings. The molecular weight excluding hydrogens is 492 g/mol. The van der Waals surface area contributed by atoms with Crippen LogP contribution in [0, 0.1) is 0 Å². The van der Waals surface area contributed by atoms with E-state index in [1.165, 1.54) is 7.11 Å². The molecule has 1 atom stereocenters. The number of hydrogen-bond acceptors (Lipinski definition) is 5. The number of benzene rings is 3. The highest BCUT2D eigenvalue weighted by atomic mass is 35.5. The summed E-state index contributed by atoms with van der Waals surface area (Å²) in [4.78, 5) is 29.9. The third kappa shape index (κ3) is 8.84. The maximum atomic E-state index is 13.0. The third-order valence-electron chi connectivity index (χ3n) is 5.58. The summed E-state index contributed by atoms with van der Waals surface area (Å²) in [5, 5.41) is 6.15. The highest BCUT2D eigenvalue weighted by molar-refractivity contribution is 6.30. The number of halogens is 1. The van der Waals surface area contributed by atoms with Gasteiger partial charge in [0.1, 0.15) is 6.04 Å². The average Bonchev–Trinajstić information content (AvgIpc) is 2.89. The predicted molar refractivity (Wildman–Crippen MR) is 145 cm³/mol. The van der Waals surface area contributed by atoms with Gasteiger partial charge < -0.3 is 20.5 Å². The summed E-state index contributed by atoms with van der Waals surface area (Å²) in [6, 6.07) is 21.4. The number of methoxy groups -OCH3 is 2. The van der Waals surface area contributed by atoms with E-state index >= 15 is 0 Å². The molecule has 37 heavy (non-hydrogen) atoms. The Morgan fingerprint density at radius 3 is 2.27 bits per heavy atom. The van der Waals surface area contributed by atoms with Crippen molar-refractivity contribution in [2.24, 2.45) is 10.7 Å². The number of nitrogens with zero attached hydrogens (tertiary/aromatic N) is 1. The van der Waals surface area contributed by atoms with E-state index in [9.17, 15) is 9.59 Å². The highest BCUT2D eigenvalue weighted by Crippen LogP contribution is 2.27.